The molecule has 0 aliphatic rings. The summed E-state index contributed by atoms with van der Waals surface area (Å²) in [4.78, 5) is 4.81. The van der Waals surface area contributed by atoms with Crippen LogP contribution in [0.25, 0.3) is 5.57 Å². The van der Waals surface area contributed by atoms with Crippen molar-refractivity contribution in [3.8, 4) is 5.75 Å². The zero-order valence-corrected chi connectivity index (χ0v) is 22.2. The summed E-state index contributed by atoms with van der Waals surface area (Å²) in [6.45, 7) is 19.2. The van der Waals surface area contributed by atoms with E-state index in [0.717, 1.165) is 42.1 Å². The van der Waals surface area contributed by atoms with Crippen molar-refractivity contribution in [2.75, 3.05) is 6.61 Å². The quantitative estimate of drug-likeness (QED) is 0.370. The Labute approximate surface area is 197 Å². The highest BCUT2D eigenvalue weighted by molar-refractivity contribution is 5.71. The fourth-order valence-corrected chi connectivity index (χ4v) is 3.49. The molecule has 0 radical (unpaired) electrons. The van der Waals surface area contributed by atoms with Crippen molar-refractivity contribution in [1.82, 2.24) is 9.55 Å². The second kappa shape index (κ2) is 17.1. The second-order valence-corrected chi connectivity index (χ2v) is 6.91. The Hall–Kier alpha value is -2.55. The molecule has 0 amide bonds. The van der Waals surface area contributed by atoms with E-state index in [-0.39, 0.29) is 0 Å². The van der Waals surface area contributed by atoms with Gasteiger partial charge in [0.2, 0.25) is 0 Å². The standard InChI is InChI=1S/C25H34N2O.2C2H6/c1-7-11-13-22(12-8-2)25-26-19(5)24(27(25)6)16-17-28-23-15-14-20(9-3)21(10-4)18-23;2*1-2/h7-8,11-15,18H,9-10,16-17H2,1-6H3;2*1-2H3/b11-7-,12-8-,22-13+;;. The van der Waals surface area contributed by atoms with Crippen molar-refractivity contribution in [2.24, 2.45) is 7.05 Å². The van der Waals surface area contributed by atoms with E-state index in [1.807, 2.05) is 59.8 Å². The van der Waals surface area contributed by atoms with Gasteiger partial charge in [-0.3, -0.25) is 0 Å². The number of aromatic nitrogens is 2. The summed E-state index contributed by atoms with van der Waals surface area (Å²) in [6.07, 6.45) is 13.3. The molecular formula is C29H46N2O. The Morgan fingerprint density at radius 2 is 1.66 bits per heavy atom. The first-order valence-corrected chi connectivity index (χ1v) is 12.3. The third-order valence-corrected chi connectivity index (χ3v) is 5.03. The normalized spacial score (nSPS) is 11.2. The fourth-order valence-electron chi connectivity index (χ4n) is 3.49. The molecule has 0 aliphatic carbocycles. The third-order valence-electron chi connectivity index (χ3n) is 5.03. The lowest BCUT2D eigenvalue weighted by atomic mass is 10.0. The van der Waals surface area contributed by atoms with Crippen LogP contribution in [0.4, 0.5) is 0 Å². The van der Waals surface area contributed by atoms with Crippen molar-refractivity contribution in [1.29, 1.82) is 0 Å². The molecule has 0 N–H and O–H groups in total. The predicted octanol–water partition coefficient (Wildman–Crippen LogP) is 8.06. The number of imidazole rings is 1. The number of aryl methyl sites for hydroxylation is 3. The summed E-state index contributed by atoms with van der Waals surface area (Å²) in [7, 11) is 2.09. The van der Waals surface area contributed by atoms with Crippen LogP contribution >= 0.6 is 0 Å². The highest BCUT2D eigenvalue weighted by Gasteiger charge is 2.13. The second-order valence-electron chi connectivity index (χ2n) is 6.91. The molecule has 0 fully saturated rings. The maximum Gasteiger partial charge on any atom is 0.140 e. The number of hydrogen-bond donors (Lipinski definition) is 0. The van der Waals surface area contributed by atoms with Gasteiger partial charge in [-0.1, -0.05) is 78.0 Å². The molecule has 1 aromatic carbocycles. The van der Waals surface area contributed by atoms with Gasteiger partial charge in [-0.15, -0.1) is 0 Å². The lowest BCUT2D eigenvalue weighted by molar-refractivity contribution is 0.318. The molecule has 0 unspecified atom stereocenters. The summed E-state index contributed by atoms with van der Waals surface area (Å²) >= 11 is 0. The molecule has 3 heteroatoms. The van der Waals surface area contributed by atoms with Crippen LogP contribution in [0, 0.1) is 6.92 Å². The van der Waals surface area contributed by atoms with Crippen molar-refractivity contribution >= 4 is 5.57 Å². The van der Waals surface area contributed by atoms with Gasteiger partial charge in [-0.2, -0.15) is 0 Å². The van der Waals surface area contributed by atoms with Crippen molar-refractivity contribution in [2.45, 2.75) is 81.6 Å². The molecule has 0 atom stereocenters. The van der Waals surface area contributed by atoms with E-state index in [4.69, 9.17) is 9.72 Å². The monoisotopic (exact) mass is 438 g/mol. The van der Waals surface area contributed by atoms with Crippen LogP contribution < -0.4 is 4.74 Å². The van der Waals surface area contributed by atoms with Gasteiger partial charge in [-0.05, 0) is 56.9 Å². The predicted molar refractivity (Wildman–Crippen MR) is 143 cm³/mol. The first-order valence-electron chi connectivity index (χ1n) is 12.3. The first kappa shape index (κ1) is 29.5. The molecule has 0 saturated heterocycles. The topological polar surface area (TPSA) is 27.1 Å². The van der Waals surface area contributed by atoms with E-state index in [2.05, 4.69) is 62.7 Å². The SMILES string of the molecule is CC.CC.C\C=C/C=C(\C=C/C)c1nc(C)c(CCOc2ccc(CC)c(CC)c2)n1C. The van der Waals surface area contributed by atoms with Gasteiger partial charge in [0.25, 0.3) is 0 Å². The van der Waals surface area contributed by atoms with Crippen molar-refractivity contribution in [3.05, 3.63) is 76.9 Å². The molecule has 0 aliphatic heterocycles. The molecule has 0 spiro atoms. The van der Waals surface area contributed by atoms with Gasteiger partial charge in [0.15, 0.2) is 0 Å². The van der Waals surface area contributed by atoms with E-state index in [0.29, 0.717) is 6.61 Å². The largest absolute Gasteiger partial charge is 0.493 e. The van der Waals surface area contributed by atoms with Crippen LogP contribution in [0.1, 0.15) is 83.7 Å². The molecule has 32 heavy (non-hydrogen) atoms. The van der Waals surface area contributed by atoms with Crippen LogP contribution in [0.2, 0.25) is 0 Å². The molecule has 2 aromatic rings. The molecule has 0 bridgehead atoms. The number of nitrogens with zero attached hydrogens (tertiary/aromatic N) is 2. The van der Waals surface area contributed by atoms with Crippen LogP contribution in [0.5, 0.6) is 5.75 Å². The van der Waals surface area contributed by atoms with Crippen LogP contribution in [-0.2, 0) is 26.3 Å². The molecule has 1 heterocycles. The first-order chi connectivity index (χ1) is 15.5. The summed E-state index contributed by atoms with van der Waals surface area (Å²) in [6, 6.07) is 6.46. The zero-order chi connectivity index (χ0) is 24.5. The minimum atomic E-state index is 0.645. The fraction of sp³-hybridized carbons (Fsp3) is 0.483. The number of allylic oxidation sites excluding steroid dienone is 6. The minimum absolute atomic E-state index is 0.645. The maximum atomic E-state index is 6.06. The van der Waals surface area contributed by atoms with E-state index in [1.165, 1.54) is 16.8 Å². The average molecular weight is 439 g/mol. The minimum Gasteiger partial charge on any atom is -0.493 e. The van der Waals surface area contributed by atoms with Crippen molar-refractivity contribution < 1.29 is 4.74 Å². The third kappa shape index (κ3) is 8.53. The summed E-state index contributed by atoms with van der Waals surface area (Å²) in [5, 5.41) is 0. The van der Waals surface area contributed by atoms with Crippen LogP contribution in [0.15, 0.2) is 48.6 Å². The van der Waals surface area contributed by atoms with E-state index in [1.54, 1.807) is 0 Å². The molecule has 2 rings (SSSR count). The smallest absolute Gasteiger partial charge is 0.140 e. The lowest BCUT2D eigenvalue weighted by Crippen LogP contribution is -2.08. The molecule has 1 aromatic heterocycles. The van der Waals surface area contributed by atoms with Gasteiger partial charge in [-0.25, -0.2) is 4.98 Å². The maximum absolute atomic E-state index is 6.06. The number of rotatable bonds is 9. The van der Waals surface area contributed by atoms with Crippen LogP contribution in [0.3, 0.4) is 0 Å². The number of ether oxygens (including phenoxy) is 1. The van der Waals surface area contributed by atoms with Gasteiger partial charge in [0.1, 0.15) is 11.6 Å². The molecule has 3 nitrogen and oxygen atoms in total. The van der Waals surface area contributed by atoms with E-state index in [9.17, 15) is 0 Å². The van der Waals surface area contributed by atoms with Gasteiger partial charge < -0.3 is 9.30 Å². The van der Waals surface area contributed by atoms with Gasteiger partial charge in [0, 0.05) is 24.7 Å². The van der Waals surface area contributed by atoms with Crippen LogP contribution in [-0.4, -0.2) is 16.2 Å². The lowest BCUT2D eigenvalue weighted by Gasteiger charge is -2.12. The number of benzene rings is 1. The highest BCUT2D eigenvalue weighted by atomic mass is 16.5. The average Bonchev–Trinajstić information content (AvgIpc) is 3.12. The Balaban J connectivity index is 0.00000227. The van der Waals surface area contributed by atoms with Gasteiger partial charge in [0.05, 0.1) is 12.3 Å². The Kier molecular flexibility index (Phi) is 15.7. The Morgan fingerprint density at radius 3 is 2.22 bits per heavy atom. The van der Waals surface area contributed by atoms with E-state index >= 15 is 0 Å². The molecule has 0 saturated carbocycles. The Bertz CT molecular complexity index is 870. The van der Waals surface area contributed by atoms with Gasteiger partial charge >= 0.3 is 0 Å². The van der Waals surface area contributed by atoms with Crippen molar-refractivity contribution in [3.63, 3.8) is 0 Å². The summed E-state index contributed by atoms with van der Waals surface area (Å²) in [5.74, 6) is 1.95. The molecular weight excluding hydrogens is 392 g/mol. The Morgan fingerprint density at radius 1 is 1.00 bits per heavy atom. The zero-order valence-electron chi connectivity index (χ0n) is 22.2. The van der Waals surface area contributed by atoms with E-state index < -0.39 is 0 Å². The summed E-state index contributed by atoms with van der Waals surface area (Å²) in [5.41, 5.74) is 6.18. The summed E-state index contributed by atoms with van der Waals surface area (Å²) < 4.78 is 8.25. The molecule has 178 valence electrons. The number of hydrogen-bond acceptors (Lipinski definition) is 2. The highest BCUT2D eigenvalue weighted by Crippen LogP contribution is 2.22.